The zero-order valence-electron chi connectivity index (χ0n) is 11.7. The molecule has 108 valence electrons. The number of nitrogens with zero attached hydrogens (tertiary/aromatic N) is 1. The van der Waals surface area contributed by atoms with Crippen molar-refractivity contribution in [1.82, 2.24) is 15.3 Å². The molecular weight excluding hydrogens is 260 g/mol. The first-order chi connectivity index (χ1) is 9.50. The third-order valence-corrected chi connectivity index (χ3v) is 4.73. The number of benzene rings is 1. The normalized spacial score (nSPS) is 27.4. The molecule has 20 heavy (non-hydrogen) atoms. The molecule has 3 rings (SSSR count). The molecule has 1 aromatic heterocycles. The minimum atomic E-state index is -2.56. The van der Waals surface area contributed by atoms with Gasteiger partial charge < -0.3 is 10.3 Å². The molecule has 2 N–H and O–H groups in total. The third kappa shape index (κ3) is 2.10. The van der Waals surface area contributed by atoms with Crippen molar-refractivity contribution in [3.05, 3.63) is 29.6 Å². The maximum atomic E-state index is 12.7. The fraction of sp³-hybridized carbons (Fsp3) is 0.533. The van der Waals surface area contributed by atoms with E-state index in [0.29, 0.717) is 17.0 Å². The average Bonchev–Trinajstić information content (AvgIpc) is 2.85. The third-order valence-electron chi connectivity index (χ3n) is 4.73. The van der Waals surface area contributed by atoms with E-state index in [9.17, 15) is 8.78 Å². The van der Waals surface area contributed by atoms with Gasteiger partial charge in [0.1, 0.15) is 0 Å². The van der Waals surface area contributed by atoms with Gasteiger partial charge in [-0.05, 0) is 48.5 Å². The number of fused-ring (bicyclic) bond motifs is 1. The number of aromatic amines is 1. The molecule has 3 nitrogen and oxygen atoms in total. The van der Waals surface area contributed by atoms with Gasteiger partial charge in [0, 0.05) is 0 Å². The van der Waals surface area contributed by atoms with Crippen molar-refractivity contribution in [2.45, 2.75) is 32.1 Å². The number of H-pyrrole nitrogens is 1. The Balaban J connectivity index is 2.03. The second kappa shape index (κ2) is 4.81. The van der Waals surface area contributed by atoms with Crippen LogP contribution in [0.25, 0.3) is 11.0 Å². The molecule has 0 aliphatic carbocycles. The molecule has 2 heterocycles. The Kier molecular flexibility index (Phi) is 3.24. The number of piperidine rings is 1. The zero-order chi connectivity index (χ0) is 14.3. The number of hydrogen-bond donors (Lipinski definition) is 2. The van der Waals surface area contributed by atoms with E-state index < -0.39 is 6.43 Å². The highest BCUT2D eigenvalue weighted by molar-refractivity contribution is 5.76. The monoisotopic (exact) mass is 279 g/mol. The molecular formula is C15H19F2N3. The van der Waals surface area contributed by atoms with Gasteiger partial charge in [-0.25, -0.2) is 13.8 Å². The Morgan fingerprint density at radius 2 is 2.20 bits per heavy atom. The van der Waals surface area contributed by atoms with Crippen LogP contribution in [0.3, 0.4) is 0 Å². The smallest absolute Gasteiger partial charge is 0.295 e. The molecule has 0 amide bonds. The second-order valence-electron chi connectivity index (χ2n) is 5.93. The lowest BCUT2D eigenvalue weighted by Gasteiger charge is -2.40. The fourth-order valence-electron chi connectivity index (χ4n) is 3.05. The number of aromatic nitrogens is 2. The standard InChI is InChI=1S/C15H19F2N3/c1-9-8-18-6-5-15(9,2)10-3-4-11-12(7-10)20-14(19-11)13(16)17/h3-4,7,9,13,18H,5-6,8H2,1-2H3,(H,19,20)/t9-,15-/m0/s1. The molecule has 1 aromatic carbocycles. The lowest BCUT2D eigenvalue weighted by Crippen LogP contribution is -2.44. The van der Waals surface area contributed by atoms with Crippen molar-refractivity contribution in [1.29, 1.82) is 0 Å². The summed E-state index contributed by atoms with van der Waals surface area (Å²) in [5.41, 5.74) is 2.56. The molecule has 0 bridgehead atoms. The van der Waals surface area contributed by atoms with E-state index in [1.165, 1.54) is 5.56 Å². The Labute approximate surface area is 116 Å². The van der Waals surface area contributed by atoms with Gasteiger partial charge in [-0.3, -0.25) is 0 Å². The minimum Gasteiger partial charge on any atom is -0.337 e. The first-order valence-corrected chi connectivity index (χ1v) is 7.00. The van der Waals surface area contributed by atoms with Gasteiger partial charge in [-0.15, -0.1) is 0 Å². The summed E-state index contributed by atoms with van der Waals surface area (Å²) in [7, 11) is 0. The zero-order valence-corrected chi connectivity index (χ0v) is 11.7. The highest BCUT2D eigenvalue weighted by atomic mass is 19.3. The summed E-state index contributed by atoms with van der Waals surface area (Å²) >= 11 is 0. The molecule has 1 aliphatic rings. The van der Waals surface area contributed by atoms with Gasteiger partial charge in [-0.1, -0.05) is 19.9 Å². The van der Waals surface area contributed by atoms with E-state index in [0.717, 1.165) is 19.5 Å². The first kappa shape index (κ1) is 13.5. The van der Waals surface area contributed by atoms with Gasteiger partial charge in [0.15, 0.2) is 5.82 Å². The summed E-state index contributed by atoms with van der Waals surface area (Å²) in [6.07, 6.45) is -1.51. The minimum absolute atomic E-state index is 0.0728. The summed E-state index contributed by atoms with van der Waals surface area (Å²) in [5.74, 6) is 0.253. The number of alkyl halides is 2. The van der Waals surface area contributed by atoms with Crippen LogP contribution in [0.4, 0.5) is 8.78 Å². The van der Waals surface area contributed by atoms with Gasteiger partial charge in [0.05, 0.1) is 11.0 Å². The Morgan fingerprint density at radius 1 is 1.40 bits per heavy atom. The number of nitrogens with one attached hydrogen (secondary N) is 2. The number of rotatable bonds is 2. The lowest BCUT2D eigenvalue weighted by molar-refractivity contribution is 0.142. The van der Waals surface area contributed by atoms with Gasteiger partial charge >= 0.3 is 0 Å². The van der Waals surface area contributed by atoms with Crippen LogP contribution in [0, 0.1) is 5.92 Å². The van der Waals surface area contributed by atoms with Gasteiger partial charge in [0.2, 0.25) is 0 Å². The van der Waals surface area contributed by atoms with Crippen molar-refractivity contribution in [3.63, 3.8) is 0 Å². The van der Waals surface area contributed by atoms with Crippen LogP contribution in [0.5, 0.6) is 0 Å². The lowest BCUT2D eigenvalue weighted by atomic mass is 9.68. The molecule has 1 aliphatic heterocycles. The summed E-state index contributed by atoms with van der Waals surface area (Å²) in [6, 6.07) is 5.86. The number of imidazole rings is 1. The molecule has 0 radical (unpaired) electrons. The van der Waals surface area contributed by atoms with Crippen LogP contribution in [-0.2, 0) is 5.41 Å². The van der Waals surface area contributed by atoms with Crippen LogP contribution in [0.15, 0.2) is 18.2 Å². The molecule has 2 atom stereocenters. The molecule has 0 saturated carbocycles. The van der Waals surface area contributed by atoms with E-state index >= 15 is 0 Å². The molecule has 1 fully saturated rings. The van der Waals surface area contributed by atoms with E-state index in [4.69, 9.17) is 0 Å². The Bertz CT molecular complexity index is 623. The van der Waals surface area contributed by atoms with Crippen LogP contribution in [-0.4, -0.2) is 23.1 Å². The van der Waals surface area contributed by atoms with Gasteiger partial charge in [-0.2, -0.15) is 0 Å². The van der Waals surface area contributed by atoms with E-state index in [1.54, 1.807) is 0 Å². The highest BCUT2D eigenvalue weighted by Crippen LogP contribution is 2.38. The quantitative estimate of drug-likeness (QED) is 0.884. The van der Waals surface area contributed by atoms with Crippen LogP contribution in [0.1, 0.15) is 38.1 Å². The maximum absolute atomic E-state index is 12.7. The van der Waals surface area contributed by atoms with Crippen molar-refractivity contribution in [3.8, 4) is 0 Å². The van der Waals surface area contributed by atoms with Crippen molar-refractivity contribution in [2.24, 2.45) is 5.92 Å². The van der Waals surface area contributed by atoms with Crippen LogP contribution >= 0.6 is 0 Å². The van der Waals surface area contributed by atoms with Crippen molar-refractivity contribution in [2.75, 3.05) is 13.1 Å². The molecule has 1 saturated heterocycles. The molecule has 5 heteroatoms. The number of hydrogen-bond acceptors (Lipinski definition) is 2. The average molecular weight is 279 g/mol. The summed E-state index contributed by atoms with van der Waals surface area (Å²) < 4.78 is 25.4. The van der Waals surface area contributed by atoms with Crippen LogP contribution in [0.2, 0.25) is 0 Å². The van der Waals surface area contributed by atoms with E-state index in [-0.39, 0.29) is 11.2 Å². The number of halogens is 2. The van der Waals surface area contributed by atoms with Crippen molar-refractivity contribution < 1.29 is 8.78 Å². The largest absolute Gasteiger partial charge is 0.337 e. The Hall–Kier alpha value is -1.49. The predicted octanol–water partition coefficient (Wildman–Crippen LogP) is 3.39. The van der Waals surface area contributed by atoms with Gasteiger partial charge in [0.25, 0.3) is 6.43 Å². The summed E-state index contributed by atoms with van der Waals surface area (Å²) in [5, 5.41) is 3.39. The summed E-state index contributed by atoms with van der Waals surface area (Å²) in [4.78, 5) is 6.68. The maximum Gasteiger partial charge on any atom is 0.295 e. The topological polar surface area (TPSA) is 40.7 Å². The SMILES string of the molecule is C[C@H]1CNCC[C@]1(C)c1ccc2[nH]c(C(F)F)nc2c1. The van der Waals surface area contributed by atoms with E-state index in [1.807, 2.05) is 18.2 Å². The Morgan fingerprint density at radius 3 is 2.90 bits per heavy atom. The van der Waals surface area contributed by atoms with Crippen molar-refractivity contribution >= 4 is 11.0 Å². The fourth-order valence-corrected chi connectivity index (χ4v) is 3.05. The van der Waals surface area contributed by atoms with E-state index in [2.05, 4.69) is 29.1 Å². The van der Waals surface area contributed by atoms with Crippen LogP contribution < -0.4 is 5.32 Å². The predicted molar refractivity (Wildman–Crippen MR) is 75.1 cm³/mol. The second-order valence-corrected chi connectivity index (χ2v) is 5.93. The molecule has 0 spiro atoms. The molecule has 2 aromatic rings. The molecule has 0 unspecified atom stereocenters. The highest BCUT2D eigenvalue weighted by Gasteiger charge is 2.35. The summed E-state index contributed by atoms with van der Waals surface area (Å²) in [6.45, 7) is 6.45. The first-order valence-electron chi connectivity index (χ1n) is 7.00.